The fourth-order valence-corrected chi connectivity index (χ4v) is 4.20. The maximum Gasteiger partial charge on any atom is 0.274 e. The molecule has 2 aliphatic heterocycles. The fraction of sp³-hybridized carbons (Fsp3) is 0.130. The molecule has 5 nitrogen and oxygen atoms in total. The standard InChI is InChI=1S/C23H19N3O2S/c1-23(2)16-10-6-7-11-19(16)26(14-8-4-3-5-9-14)21-17(23)12-15(28-21)13-18-20(27)25-22(29)24-18/h3-13H,1-2H3,(H2,24,25,27,29)/b18-13+. The maximum atomic E-state index is 12.0. The van der Waals surface area contributed by atoms with Crippen molar-refractivity contribution >= 4 is 46.6 Å². The van der Waals surface area contributed by atoms with Gasteiger partial charge in [-0.15, -0.1) is 0 Å². The predicted octanol–water partition coefficient (Wildman–Crippen LogP) is 4.73. The van der Waals surface area contributed by atoms with Crippen molar-refractivity contribution in [2.45, 2.75) is 19.3 Å². The minimum Gasteiger partial charge on any atom is -0.440 e. The minimum absolute atomic E-state index is 0.252. The molecular formula is C23H19N3O2S. The molecule has 1 amide bonds. The fourth-order valence-electron chi connectivity index (χ4n) is 3.99. The Morgan fingerprint density at radius 2 is 1.72 bits per heavy atom. The molecular weight excluding hydrogens is 382 g/mol. The van der Waals surface area contributed by atoms with E-state index in [1.165, 1.54) is 5.56 Å². The molecule has 0 saturated carbocycles. The number of hydrogen-bond donors (Lipinski definition) is 2. The second-order valence-electron chi connectivity index (χ2n) is 7.65. The van der Waals surface area contributed by atoms with Gasteiger partial charge in [-0.2, -0.15) is 0 Å². The van der Waals surface area contributed by atoms with Crippen LogP contribution in [0.1, 0.15) is 30.7 Å². The highest BCUT2D eigenvalue weighted by Gasteiger charge is 2.39. The van der Waals surface area contributed by atoms with E-state index in [2.05, 4.69) is 59.7 Å². The van der Waals surface area contributed by atoms with Crippen molar-refractivity contribution in [1.29, 1.82) is 0 Å². The number of fused-ring (bicyclic) bond motifs is 2. The van der Waals surface area contributed by atoms with E-state index in [4.69, 9.17) is 16.6 Å². The van der Waals surface area contributed by atoms with E-state index in [9.17, 15) is 4.79 Å². The predicted molar refractivity (Wildman–Crippen MR) is 117 cm³/mol. The molecule has 144 valence electrons. The summed E-state index contributed by atoms with van der Waals surface area (Å²) in [4.78, 5) is 14.2. The highest BCUT2D eigenvalue weighted by Crippen LogP contribution is 2.52. The average Bonchev–Trinajstić information content (AvgIpc) is 3.26. The summed E-state index contributed by atoms with van der Waals surface area (Å²) < 4.78 is 6.30. The topological polar surface area (TPSA) is 57.5 Å². The number of para-hydroxylation sites is 2. The smallest absolute Gasteiger partial charge is 0.274 e. The van der Waals surface area contributed by atoms with Crippen LogP contribution >= 0.6 is 12.2 Å². The molecule has 1 aromatic heterocycles. The van der Waals surface area contributed by atoms with Crippen LogP contribution in [0.5, 0.6) is 0 Å². The molecule has 5 rings (SSSR count). The van der Waals surface area contributed by atoms with Gasteiger partial charge in [-0.05, 0) is 42.0 Å². The van der Waals surface area contributed by atoms with Gasteiger partial charge in [0.15, 0.2) is 5.11 Å². The molecule has 3 aromatic rings. The zero-order valence-corrected chi connectivity index (χ0v) is 16.8. The van der Waals surface area contributed by atoms with Gasteiger partial charge in [-0.25, -0.2) is 0 Å². The second-order valence-corrected chi connectivity index (χ2v) is 8.06. The first-order valence-electron chi connectivity index (χ1n) is 9.38. The van der Waals surface area contributed by atoms with Crippen LogP contribution in [-0.2, 0) is 10.2 Å². The lowest BCUT2D eigenvalue weighted by molar-refractivity contribution is -0.115. The van der Waals surface area contributed by atoms with E-state index in [1.807, 2.05) is 30.3 Å². The largest absolute Gasteiger partial charge is 0.440 e. The zero-order chi connectivity index (χ0) is 20.2. The van der Waals surface area contributed by atoms with E-state index in [0.717, 1.165) is 22.8 Å². The molecule has 2 aliphatic rings. The van der Waals surface area contributed by atoms with Crippen LogP contribution in [0.15, 0.2) is 70.8 Å². The summed E-state index contributed by atoms with van der Waals surface area (Å²) in [5, 5.41) is 5.75. The van der Waals surface area contributed by atoms with Crippen molar-refractivity contribution in [1.82, 2.24) is 10.6 Å². The van der Waals surface area contributed by atoms with E-state index in [0.29, 0.717) is 16.6 Å². The molecule has 0 radical (unpaired) electrons. The summed E-state index contributed by atoms with van der Waals surface area (Å²) in [5.74, 6) is 1.10. The lowest BCUT2D eigenvalue weighted by atomic mass is 9.75. The number of benzene rings is 2. The van der Waals surface area contributed by atoms with Crippen molar-refractivity contribution in [3.63, 3.8) is 0 Å². The Labute approximate surface area is 174 Å². The third-order valence-electron chi connectivity index (χ3n) is 5.45. The number of carbonyl (C=O) groups is 1. The Morgan fingerprint density at radius 3 is 2.45 bits per heavy atom. The first-order chi connectivity index (χ1) is 13.9. The Bertz CT molecular complexity index is 1180. The number of hydrogen-bond acceptors (Lipinski definition) is 4. The van der Waals surface area contributed by atoms with Crippen LogP contribution in [0.3, 0.4) is 0 Å². The molecule has 0 spiro atoms. The van der Waals surface area contributed by atoms with Crippen LogP contribution in [0.4, 0.5) is 17.3 Å². The Balaban J connectivity index is 1.71. The third-order valence-corrected chi connectivity index (χ3v) is 5.65. The summed E-state index contributed by atoms with van der Waals surface area (Å²) in [7, 11) is 0. The first kappa shape index (κ1) is 17.7. The van der Waals surface area contributed by atoms with Crippen molar-refractivity contribution in [3.8, 4) is 0 Å². The summed E-state index contributed by atoms with van der Waals surface area (Å²) >= 11 is 5.02. The number of thiocarbonyl (C=S) groups is 1. The van der Waals surface area contributed by atoms with Crippen molar-refractivity contribution in [2.75, 3.05) is 4.90 Å². The van der Waals surface area contributed by atoms with Gasteiger partial charge in [0.25, 0.3) is 5.91 Å². The summed E-state index contributed by atoms with van der Waals surface area (Å²) in [6, 6.07) is 20.5. The SMILES string of the molecule is CC1(C)c2ccccc2N(c2ccccc2)c2oc(/C=C3/NC(=S)NC3=O)cc21. The molecule has 2 N–H and O–H groups in total. The molecule has 0 aliphatic carbocycles. The monoisotopic (exact) mass is 401 g/mol. The van der Waals surface area contributed by atoms with Gasteiger partial charge in [0, 0.05) is 22.7 Å². The number of rotatable bonds is 2. The summed E-state index contributed by atoms with van der Waals surface area (Å²) in [6.45, 7) is 4.38. The van der Waals surface area contributed by atoms with E-state index in [1.54, 1.807) is 6.08 Å². The molecule has 0 bridgehead atoms. The van der Waals surface area contributed by atoms with Crippen molar-refractivity contribution in [3.05, 3.63) is 83.2 Å². The lowest BCUT2D eigenvalue weighted by Crippen LogP contribution is -2.29. The number of anilines is 3. The molecule has 6 heteroatoms. The first-order valence-corrected chi connectivity index (χ1v) is 9.79. The molecule has 0 unspecified atom stereocenters. The lowest BCUT2D eigenvalue weighted by Gasteiger charge is -2.38. The Hall–Kier alpha value is -3.38. The maximum absolute atomic E-state index is 12.0. The second kappa shape index (κ2) is 6.32. The van der Waals surface area contributed by atoms with Crippen molar-refractivity contribution in [2.24, 2.45) is 0 Å². The number of furan rings is 1. The normalized spacial score (nSPS) is 18.3. The number of nitrogens with zero attached hydrogens (tertiary/aromatic N) is 1. The molecule has 0 atom stereocenters. The molecule has 1 saturated heterocycles. The molecule has 3 heterocycles. The van der Waals surface area contributed by atoms with Crippen LogP contribution in [0.25, 0.3) is 6.08 Å². The van der Waals surface area contributed by atoms with E-state index >= 15 is 0 Å². The van der Waals surface area contributed by atoms with Crippen molar-refractivity contribution < 1.29 is 9.21 Å². The molecule has 2 aromatic carbocycles. The highest BCUT2D eigenvalue weighted by molar-refractivity contribution is 7.80. The number of carbonyl (C=O) groups excluding carboxylic acids is 1. The van der Waals surface area contributed by atoms with Crippen LogP contribution < -0.4 is 15.5 Å². The van der Waals surface area contributed by atoms with Crippen LogP contribution in [0.2, 0.25) is 0 Å². The molecule has 1 fully saturated rings. The zero-order valence-electron chi connectivity index (χ0n) is 16.0. The summed E-state index contributed by atoms with van der Waals surface area (Å²) in [5.41, 5.74) is 4.51. The average molecular weight is 401 g/mol. The van der Waals surface area contributed by atoms with Crippen LogP contribution in [-0.4, -0.2) is 11.0 Å². The molecule has 29 heavy (non-hydrogen) atoms. The van der Waals surface area contributed by atoms with Gasteiger partial charge in [-0.1, -0.05) is 50.2 Å². The van der Waals surface area contributed by atoms with Gasteiger partial charge >= 0.3 is 0 Å². The Kier molecular flexibility index (Phi) is 3.86. The van der Waals surface area contributed by atoms with Crippen LogP contribution in [0, 0.1) is 0 Å². The van der Waals surface area contributed by atoms with Gasteiger partial charge in [-0.3, -0.25) is 15.0 Å². The quantitative estimate of drug-likeness (QED) is 0.480. The van der Waals surface area contributed by atoms with Gasteiger partial charge in [0.2, 0.25) is 5.88 Å². The minimum atomic E-state index is -0.258. The number of nitrogens with one attached hydrogen (secondary N) is 2. The third kappa shape index (κ3) is 2.76. The van der Waals surface area contributed by atoms with Gasteiger partial charge in [0.1, 0.15) is 11.5 Å². The van der Waals surface area contributed by atoms with E-state index in [-0.39, 0.29) is 11.3 Å². The number of amides is 1. The summed E-state index contributed by atoms with van der Waals surface area (Å²) in [6.07, 6.45) is 1.69. The van der Waals surface area contributed by atoms with E-state index < -0.39 is 0 Å². The van der Waals surface area contributed by atoms with Gasteiger partial charge < -0.3 is 9.73 Å². The Morgan fingerprint density at radius 1 is 1.00 bits per heavy atom. The van der Waals surface area contributed by atoms with Gasteiger partial charge in [0.05, 0.1) is 5.69 Å². The highest BCUT2D eigenvalue weighted by atomic mass is 32.1.